The van der Waals surface area contributed by atoms with Crippen molar-refractivity contribution in [1.82, 2.24) is 19.5 Å². The lowest BCUT2D eigenvalue weighted by atomic mass is 10.2. The summed E-state index contributed by atoms with van der Waals surface area (Å²) in [5.41, 5.74) is 7.16. The molecule has 138 valence electrons. The number of fused-ring (bicyclic) bond motifs is 1. The molecule has 1 unspecified atom stereocenters. The predicted octanol–water partition coefficient (Wildman–Crippen LogP) is 3.02. The van der Waals surface area contributed by atoms with E-state index in [0.717, 1.165) is 6.42 Å². The zero-order chi connectivity index (χ0) is 18.4. The fourth-order valence-electron chi connectivity index (χ4n) is 2.80. The molecule has 1 aliphatic heterocycles. The van der Waals surface area contributed by atoms with Crippen LogP contribution in [0.3, 0.4) is 0 Å². The van der Waals surface area contributed by atoms with Crippen molar-refractivity contribution in [3.63, 3.8) is 0 Å². The SMILES string of the molecule is CC(C)(C)[Si](C)(C)OC1C[C@H](n2cnc3c(N)ncnc32)O[C@@H]1CS. The number of hydrogen-bond donors (Lipinski definition) is 2. The van der Waals surface area contributed by atoms with Gasteiger partial charge in [0.2, 0.25) is 0 Å². The molecular weight excluding hydrogens is 354 g/mol. The molecule has 0 radical (unpaired) electrons. The highest BCUT2D eigenvalue weighted by atomic mass is 32.1. The van der Waals surface area contributed by atoms with E-state index >= 15 is 0 Å². The van der Waals surface area contributed by atoms with Crippen LogP contribution in [0.1, 0.15) is 33.4 Å². The Kier molecular flexibility index (Phi) is 4.86. The molecule has 2 N–H and O–H groups in total. The Hall–Kier alpha value is -1.16. The van der Waals surface area contributed by atoms with E-state index < -0.39 is 8.32 Å². The predicted molar refractivity (Wildman–Crippen MR) is 104 cm³/mol. The summed E-state index contributed by atoms with van der Waals surface area (Å²) in [7, 11) is -1.89. The Morgan fingerprint density at radius 3 is 2.72 bits per heavy atom. The van der Waals surface area contributed by atoms with Gasteiger partial charge in [0.05, 0.1) is 18.5 Å². The Labute approximate surface area is 154 Å². The summed E-state index contributed by atoms with van der Waals surface area (Å²) in [5.74, 6) is 0.987. The lowest BCUT2D eigenvalue weighted by Gasteiger charge is -2.39. The maximum atomic E-state index is 6.60. The largest absolute Gasteiger partial charge is 0.411 e. The second-order valence-electron chi connectivity index (χ2n) is 8.05. The van der Waals surface area contributed by atoms with Crippen molar-refractivity contribution in [2.45, 2.75) is 63.8 Å². The van der Waals surface area contributed by atoms with Gasteiger partial charge >= 0.3 is 0 Å². The maximum Gasteiger partial charge on any atom is 0.192 e. The maximum absolute atomic E-state index is 6.60. The monoisotopic (exact) mass is 381 g/mol. The molecule has 1 saturated heterocycles. The van der Waals surface area contributed by atoms with Crippen LogP contribution in [0.15, 0.2) is 12.7 Å². The van der Waals surface area contributed by atoms with E-state index in [1.807, 2.05) is 4.57 Å². The first-order valence-corrected chi connectivity index (χ1v) is 12.1. The van der Waals surface area contributed by atoms with Crippen molar-refractivity contribution in [1.29, 1.82) is 0 Å². The first kappa shape index (κ1) is 18.6. The van der Waals surface area contributed by atoms with Gasteiger partial charge in [0.15, 0.2) is 19.8 Å². The fraction of sp³-hybridized carbons (Fsp3) is 0.688. The molecule has 0 amide bonds. The molecule has 2 aromatic rings. The molecule has 0 aliphatic carbocycles. The van der Waals surface area contributed by atoms with Gasteiger partial charge in [-0.15, -0.1) is 0 Å². The summed E-state index contributed by atoms with van der Waals surface area (Å²) in [6.45, 7) is 11.2. The summed E-state index contributed by atoms with van der Waals surface area (Å²) in [4.78, 5) is 12.6. The number of ether oxygens (including phenoxy) is 1. The van der Waals surface area contributed by atoms with E-state index in [4.69, 9.17) is 14.9 Å². The van der Waals surface area contributed by atoms with Gasteiger partial charge in [-0.05, 0) is 18.1 Å². The average Bonchev–Trinajstić information content (AvgIpc) is 3.10. The number of rotatable bonds is 4. The molecule has 0 saturated carbocycles. The van der Waals surface area contributed by atoms with E-state index in [0.29, 0.717) is 22.7 Å². The van der Waals surface area contributed by atoms with Gasteiger partial charge in [0.1, 0.15) is 18.1 Å². The second-order valence-corrected chi connectivity index (χ2v) is 13.2. The Balaban J connectivity index is 1.85. The average molecular weight is 382 g/mol. The van der Waals surface area contributed by atoms with Crippen LogP contribution in [0.5, 0.6) is 0 Å². The van der Waals surface area contributed by atoms with Crippen LogP contribution in [0.4, 0.5) is 5.82 Å². The molecule has 1 fully saturated rings. The van der Waals surface area contributed by atoms with Crippen LogP contribution in [0, 0.1) is 0 Å². The molecule has 1 aliphatic rings. The van der Waals surface area contributed by atoms with E-state index in [9.17, 15) is 0 Å². The first-order chi connectivity index (χ1) is 11.6. The normalized spacial score (nSPS) is 25.0. The molecule has 9 heteroatoms. The third kappa shape index (κ3) is 3.42. The summed E-state index contributed by atoms with van der Waals surface area (Å²) < 4.78 is 14.7. The molecule has 0 aromatic carbocycles. The van der Waals surface area contributed by atoms with Gasteiger partial charge in [0.25, 0.3) is 0 Å². The number of thiol groups is 1. The lowest BCUT2D eigenvalue weighted by Crippen LogP contribution is -2.46. The van der Waals surface area contributed by atoms with Crippen molar-refractivity contribution in [2.75, 3.05) is 11.5 Å². The summed E-state index contributed by atoms with van der Waals surface area (Å²) >= 11 is 4.46. The standard InChI is InChI=1S/C16H27N5O2SSi/c1-16(2,3)25(4,5)23-10-6-12(22-11(10)7-24)21-9-20-13-14(17)18-8-19-15(13)21/h8-12,24H,6-7H2,1-5H3,(H2,17,18,19)/t10?,11-,12-/m1/s1. The molecule has 0 spiro atoms. The molecule has 3 rings (SSSR count). The fourth-order valence-corrected chi connectivity index (χ4v) is 4.47. The third-order valence-corrected chi connectivity index (χ3v) is 10.2. The van der Waals surface area contributed by atoms with Gasteiger partial charge < -0.3 is 14.9 Å². The minimum atomic E-state index is -1.89. The van der Waals surface area contributed by atoms with Crippen molar-refractivity contribution < 1.29 is 9.16 Å². The number of nitrogens with two attached hydrogens (primary N) is 1. The highest BCUT2D eigenvalue weighted by Crippen LogP contribution is 2.41. The number of hydrogen-bond acceptors (Lipinski definition) is 7. The number of nitrogens with zero attached hydrogens (tertiary/aromatic N) is 4. The minimum absolute atomic E-state index is 0.0139. The topological polar surface area (TPSA) is 88.1 Å². The first-order valence-electron chi connectivity index (χ1n) is 8.51. The van der Waals surface area contributed by atoms with Crippen molar-refractivity contribution in [3.05, 3.63) is 12.7 Å². The Morgan fingerprint density at radius 1 is 1.36 bits per heavy atom. The molecule has 7 nitrogen and oxygen atoms in total. The molecule has 3 heterocycles. The molecule has 25 heavy (non-hydrogen) atoms. The number of anilines is 1. The zero-order valence-electron chi connectivity index (χ0n) is 15.4. The molecule has 3 atom stereocenters. The van der Waals surface area contributed by atoms with Gasteiger partial charge in [-0.2, -0.15) is 12.6 Å². The van der Waals surface area contributed by atoms with E-state index in [-0.39, 0.29) is 23.5 Å². The third-order valence-electron chi connectivity index (χ3n) is 5.31. The van der Waals surface area contributed by atoms with Crippen LogP contribution in [-0.4, -0.2) is 45.8 Å². The van der Waals surface area contributed by atoms with Gasteiger partial charge in [-0.25, -0.2) is 15.0 Å². The quantitative estimate of drug-likeness (QED) is 0.625. The van der Waals surface area contributed by atoms with E-state index in [1.54, 1.807) is 6.33 Å². The van der Waals surface area contributed by atoms with Crippen molar-refractivity contribution in [3.8, 4) is 0 Å². The smallest absolute Gasteiger partial charge is 0.192 e. The zero-order valence-corrected chi connectivity index (χ0v) is 17.3. The van der Waals surface area contributed by atoms with Crippen molar-refractivity contribution in [2.24, 2.45) is 0 Å². The highest BCUT2D eigenvalue weighted by molar-refractivity contribution is 7.80. The van der Waals surface area contributed by atoms with Crippen LogP contribution in [-0.2, 0) is 9.16 Å². The lowest BCUT2D eigenvalue weighted by molar-refractivity contribution is -0.00159. The van der Waals surface area contributed by atoms with E-state index in [1.165, 1.54) is 6.33 Å². The number of aromatic nitrogens is 4. The van der Waals surface area contributed by atoms with Gasteiger partial charge in [-0.3, -0.25) is 4.57 Å². The number of nitrogen functional groups attached to an aromatic ring is 1. The Bertz CT molecular complexity index is 761. The van der Waals surface area contributed by atoms with Crippen LogP contribution in [0.25, 0.3) is 11.2 Å². The highest BCUT2D eigenvalue weighted by Gasteiger charge is 2.44. The van der Waals surface area contributed by atoms with Gasteiger partial charge in [0, 0.05) is 12.2 Å². The molecular formula is C16H27N5O2SSi. The summed E-state index contributed by atoms with van der Waals surface area (Å²) in [6, 6.07) is 0. The molecule has 0 bridgehead atoms. The molecule has 2 aromatic heterocycles. The van der Waals surface area contributed by atoms with E-state index in [2.05, 4.69) is 61.4 Å². The van der Waals surface area contributed by atoms with Gasteiger partial charge in [-0.1, -0.05) is 20.8 Å². The van der Waals surface area contributed by atoms with Crippen LogP contribution >= 0.6 is 12.6 Å². The minimum Gasteiger partial charge on any atom is -0.411 e. The Morgan fingerprint density at radius 2 is 2.08 bits per heavy atom. The summed E-state index contributed by atoms with van der Waals surface area (Å²) in [6.07, 6.45) is 3.67. The van der Waals surface area contributed by atoms with Crippen LogP contribution < -0.4 is 5.73 Å². The van der Waals surface area contributed by atoms with Crippen LogP contribution in [0.2, 0.25) is 18.1 Å². The second kappa shape index (κ2) is 6.53. The summed E-state index contributed by atoms with van der Waals surface area (Å²) in [5, 5.41) is 0.148. The number of imidazole rings is 1. The van der Waals surface area contributed by atoms with Crippen molar-refractivity contribution >= 4 is 37.9 Å².